The fraction of sp³-hybridized carbons (Fsp3) is 0.333. The lowest BCUT2D eigenvalue weighted by Crippen LogP contribution is -2.50. The van der Waals surface area contributed by atoms with E-state index in [0.29, 0.717) is 17.2 Å². The number of nitrogens with zero attached hydrogens (tertiary/aromatic N) is 5. The Labute approximate surface area is 145 Å². The molecule has 0 spiro atoms. The van der Waals surface area contributed by atoms with Crippen molar-refractivity contribution in [3.63, 3.8) is 0 Å². The van der Waals surface area contributed by atoms with E-state index in [2.05, 4.69) is 32.1 Å². The number of anilines is 1. The molecule has 7 heteroatoms. The van der Waals surface area contributed by atoms with Crippen LogP contribution in [0.2, 0.25) is 0 Å². The van der Waals surface area contributed by atoms with Crippen LogP contribution < -0.4 is 15.9 Å². The van der Waals surface area contributed by atoms with Crippen LogP contribution in [0, 0.1) is 6.92 Å². The van der Waals surface area contributed by atoms with Gasteiger partial charge in [0.05, 0.1) is 17.3 Å². The van der Waals surface area contributed by atoms with Crippen molar-refractivity contribution in [2.45, 2.75) is 19.9 Å². The number of aromatic nitrogens is 4. The highest BCUT2D eigenvalue weighted by Gasteiger charge is 2.24. The Balaban J connectivity index is 1.99. The lowest BCUT2D eigenvalue weighted by atomic mass is 10.2. The summed E-state index contributed by atoms with van der Waals surface area (Å²) >= 11 is 0. The van der Waals surface area contributed by atoms with E-state index in [1.165, 1.54) is 0 Å². The van der Waals surface area contributed by atoms with Gasteiger partial charge in [-0.3, -0.25) is 4.98 Å². The van der Waals surface area contributed by atoms with Gasteiger partial charge in [0.1, 0.15) is 5.82 Å². The first-order valence-electron chi connectivity index (χ1n) is 8.43. The Morgan fingerprint density at radius 3 is 2.96 bits per heavy atom. The topological polar surface area (TPSA) is 75.9 Å². The molecule has 3 aromatic heterocycles. The summed E-state index contributed by atoms with van der Waals surface area (Å²) in [5.74, 6) is 0.708. The van der Waals surface area contributed by atoms with Gasteiger partial charge in [-0.2, -0.15) is 4.98 Å². The normalized spacial score (nSPS) is 17.8. The number of pyridine rings is 2. The summed E-state index contributed by atoms with van der Waals surface area (Å²) in [6.45, 7) is 6.64. The second-order valence-corrected chi connectivity index (χ2v) is 6.34. The predicted molar refractivity (Wildman–Crippen MR) is 97.3 cm³/mol. The number of hydrogen-bond donors (Lipinski definition) is 1. The van der Waals surface area contributed by atoms with E-state index in [1.807, 2.05) is 25.1 Å². The van der Waals surface area contributed by atoms with E-state index >= 15 is 0 Å². The van der Waals surface area contributed by atoms with Crippen molar-refractivity contribution in [2.75, 3.05) is 24.5 Å². The van der Waals surface area contributed by atoms with E-state index in [-0.39, 0.29) is 11.7 Å². The summed E-state index contributed by atoms with van der Waals surface area (Å²) in [5.41, 5.74) is 1.94. The average Bonchev–Trinajstić information content (AvgIpc) is 2.63. The summed E-state index contributed by atoms with van der Waals surface area (Å²) in [5, 5.41) is 4.24. The Bertz CT molecular complexity index is 983. The van der Waals surface area contributed by atoms with E-state index < -0.39 is 0 Å². The van der Waals surface area contributed by atoms with E-state index in [1.54, 1.807) is 23.2 Å². The summed E-state index contributed by atoms with van der Waals surface area (Å²) in [6.07, 6.45) is 5.10. The number of piperazine rings is 1. The highest BCUT2D eigenvalue weighted by molar-refractivity contribution is 5.88. The molecule has 0 amide bonds. The Hall–Kier alpha value is -2.80. The molecule has 7 nitrogen and oxygen atoms in total. The number of aryl methyl sites for hydroxylation is 1. The molecule has 1 unspecified atom stereocenters. The first-order chi connectivity index (χ1) is 12.2. The fourth-order valence-corrected chi connectivity index (χ4v) is 3.32. The van der Waals surface area contributed by atoms with Gasteiger partial charge >= 0.3 is 5.69 Å². The Kier molecular flexibility index (Phi) is 3.93. The standard InChI is InChI=1S/C18H20N6O/c1-12-5-7-19-11-15(12)24-16-14(4-3-6-21-16)17(22-18(24)25)23-9-8-20-10-13(23)2/h3-7,11,13,20H,8-10H2,1-2H3. The molecule has 0 bridgehead atoms. The molecule has 1 atom stereocenters. The molecule has 0 radical (unpaired) electrons. The van der Waals surface area contributed by atoms with Gasteiger partial charge in [-0.15, -0.1) is 0 Å². The molecule has 1 aliphatic rings. The minimum Gasteiger partial charge on any atom is -0.351 e. The largest absolute Gasteiger partial charge is 0.355 e. The minimum atomic E-state index is -0.331. The number of rotatable bonds is 2. The smallest absolute Gasteiger partial charge is 0.351 e. The van der Waals surface area contributed by atoms with Crippen molar-refractivity contribution < 1.29 is 0 Å². The molecular weight excluding hydrogens is 316 g/mol. The zero-order valence-corrected chi connectivity index (χ0v) is 14.3. The number of fused-ring (bicyclic) bond motifs is 1. The molecule has 25 heavy (non-hydrogen) atoms. The third-order valence-corrected chi connectivity index (χ3v) is 4.66. The summed E-state index contributed by atoms with van der Waals surface area (Å²) in [6, 6.07) is 6.00. The van der Waals surface area contributed by atoms with Gasteiger partial charge in [-0.05, 0) is 37.6 Å². The van der Waals surface area contributed by atoms with Crippen LogP contribution in [0.1, 0.15) is 12.5 Å². The molecule has 3 aromatic rings. The molecule has 1 fully saturated rings. The summed E-state index contributed by atoms with van der Waals surface area (Å²) in [7, 11) is 0. The van der Waals surface area contributed by atoms with Gasteiger partial charge in [-0.1, -0.05) is 0 Å². The maximum atomic E-state index is 12.9. The van der Waals surface area contributed by atoms with Crippen molar-refractivity contribution in [1.29, 1.82) is 0 Å². The SMILES string of the molecule is Cc1ccncc1-n1c(=O)nc(N2CCNCC2C)c2cccnc21. The summed E-state index contributed by atoms with van der Waals surface area (Å²) in [4.78, 5) is 28.2. The number of nitrogens with one attached hydrogen (secondary N) is 1. The minimum absolute atomic E-state index is 0.264. The van der Waals surface area contributed by atoms with Crippen LogP contribution >= 0.6 is 0 Å². The lowest BCUT2D eigenvalue weighted by Gasteiger charge is -2.35. The molecule has 0 saturated carbocycles. The first kappa shape index (κ1) is 15.7. The van der Waals surface area contributed by atoms with E-state index in [9.17, 15) is 4.79 Å². The van der Waals surface area contributed by atoms with Crippen LogP contribution in [0.25, 0.3) is 16.7 Å². The van der Waals surface area contributed by atoms with Crippen LogP contribution in [-0.2, 0) is 0 Å². The van der Waals surface area contributed by atoms with Crippen LogP contribution in [0.3, 0.4) is 0 Å². The first-order valence-corrected chi connectivity index (χ1v) is 8.43. The quantitative estimate of drug-likeness (QED) is 0.760. The molecule has 128 valence electrons. The maximum absolute atomic E-state index is 12.9. The van der Waals surface area contributed by atoms with Crippen molar-refractivity contribution >= 4 is 16.9 Å². The van der Waals surface area contributed by atoms with Gasteiger partial charge in [0, 0.05) is 38.1 Å². The van der Waals surface area contributed by atoms with Crippen LogP contribution in [0.5, 0.6) is 0 Å². The fourth-order valence-electron chi connectivity index (χ4n) is 3.32. The van der Waals surface area contributed by atoms with Gasteiger partial charge < -0.3 is 10.2 Å². The monoisotopic (exact) mass is 336 g/mol. The summed E-state index contributed by atoms with van der Waals surface area (Å²) < 4.78 is 1.55. The van der Waals surface area contributed by atoms with Crippen molar-refractivity contribution in [3.8, 4) is 5.69 Å². The second kappa shape index (κ2) is 6.25. The highest BCUT2D eigenvalue weighted by Crippen LogP contribution is 2.25. The Morgan fingerprint density at radius 2 is 2.16 bits per heavy atom. The van der Waals surface area contributed by atoms with E-state index in [4.69, 9.17) is 0 Å². The average molecular weight is 336 g/mol. The van der Waals surface area contributed by atoms with Gasteiger partial charge in [-0.25, -0.2) is 14.3 Å². The molecule has 1 N–H and O–H groups in total. The van der Waals surface area contributed by atoms with Gasteiger partial charge in [0.2, 0.25) is 0 Å². The van der Waals surface area contributed by atoms with Crippen molar-refractivity contribution in [2.24, 2.45) is 0 Å². The molecule has 0 aromatic carbocycles. The van der Waals surface area contributed by atoms with Crippen LogP contribution in [0.15, 0.2) is 41.6 Å². The van der Waals surface area contributed by atoms with Crippen molar-refractivity contribution in [1.82, 2.24) is 24.8 Å². The van der Waals surface area contributed by atoms with Gasteiger partial charge in [0.15, 0.2) is 5.65 Å². The van der Waals surface area contributed by atoms with Crippen LogP contribution in [-0.4, -0.2) is 45.2 Å². The third kappa shape index (κ3) is 2.66. The van der Waals surface area contributed by atoms with Crippen LogP contribution in [0.4, 0.5) is 5.82 Å². The Morgan fingerprint density at radius 1 is 1.28 bits per heavy atom. The second-order valence-electron chi connectivity index (χ2n) is 6.34. The van der Waals surface area contributed by atoms with Crippen molar-refractivity contribution in [3.05, 3.63) is 52.8 Å². The van der Waals surface area contributed by atoms with Gasteiger partial charge in [0.25, 0.3) is 0 Å². The molecule has 4 heterocycles. The molecule has 1 aliphatic heterocycles. The zero-order valence-electron chi connectivity index (χ0n) is 14.3. The predicted octanol–water partition coefficient (Wildman–Crippen LogP) is 1.28. The molecule has 4 rings (SSSR count). The molecule has 0 aliphatic carbocycles. The highest BCUT2D eigenvalue weighted by atomic mass is 16.1. The van der Waals surface area contributed by atoms with E-state index in [0.717, 1.165) is 30.6 Å². The molecular formula is C18H20N6O. The number of hydrogen-bond acceptors (Lipinski definition) is 6. The molecule has 1 saturated heterocycles. The lowest BCUT2D eigenvalue weighted by molar-refractivity contribution is 0.497. The third-order valence-electron chi connectivity index (χ3n) is 4.66. The zero-order chi connectivity index (χ0) is 17.4. The maximum Gasteiger partial charge on any atom is 0.355 e.